The Bertz CT molecular complexity index is 428. The lowest BCUT2D eigenvalue weighted by Gasteiger charge is -2.09. The Labute approximate surface area is 97.7 Å². The van der Waals surface area contributed by atoms with E-state index >= 15 is 0 Å². The first-order valence-electron chi connectivity index (χ1n) is 4.83. The van der Waals surface area contributed by atoms with Crippen LogP contribution in [0.25, 0.3) is 0 Å². The van der Waals surface area contributed by atoms with E-state index in [0.717, 1.165) is 15.7 Å². The molecule has 0 bridgehead atoms. The number of likely N-dealkylation sites (N-methyl/N-ethyl adjacent to an activating group) is 1. The molecule has 0 radical (unpaired) electrons. The molecule has 1 heterocycles. The van der Waals surface area contributed by atoms with Crippen LogP contribution >= 0.6 is 15.9 Å². The first-order chi connectivity index (χ1) is 7.15. The zero-order valence-electron chi connectivity index (χ0n) is 8.53. The van der Waals surface area contributed by atoms with Gasteiger partial charge in [-0.2, -0.15) is 0 Å². The molecule has 2 nitrogen and oxygen atoms in total. The standard InChI is InChI=1S/C12H12BrNO/c1-3-4-9-10-7-8(13)5-6-11(10)14(2)12(9)15/h3,5-7,9H,1,4H2,2H3. The molecule has 1 aliphatic heterocycles. The molecule has 3 heteroatoms. The van der Waals surface area contributed by atoms with Gasteiger partial charge in [0.1, 0.15) is 0 Å². The lowest BCUT2D eigenvalue weighted by molar-refractivity contribution is -0.118. The predicted octanol–water partition coefficient (Wildman–Crippen LogP) is 3.09. The van der Waals surface area contributed by atoms with Crippen molar-refractivity contribution in [3.8, 4) is 0 Å². The Morgan fingerprint density at radius 3 is 3.00 bits per heavy atom. The van der Waals surface area contributed by atoms with Crippen molar-refractivity contribution in [3.05, 3.63) is 40.9 Å². The summed E-state index contributed by atoms with van der Waals surface area (Å²) in [6.07, 6.45) is 2.50. The van der Waals surface area contributed by atoms with E-state index in [1.165, 1.54) is 0 Å². The van der Waals surface area contributed by atoms with E-state index in [1.54, 1.807) is 11.0 Å². The number of rotatable bonds is 2. The molecule has 78 valence electrons. The number of allylic oxidation sites excluding steroid dienone is 1. The van der Waals surface area contributed by atoms with Crippen LogP contribution < -0.4 is 4.90 Å². The quantitative estimate of drug-likeness (QED) is 0.753. The largest absolute Gasteiger partial charge is 0.315 e. The number of anilines is 1. The maximum absolute atomic E-state index is 11.9. The van der Waals surface area contributed by atoms with E-state index in [9.17, 15) is 4.79 Å². The fourth-order valence-corrected chi connectivity index (χ4v) is 2.37. The van der Waals surface area contributed by atoms with E-state index in [-0.39, 0.29) is 11.8 Å². The molecule has 0 aliphatic carbocycles. The van der Waals surface area contributed by atoms with Gasteiger partial charge >= 0.3 is 0 Å². The van der Waals surface area contributed by atoms with E-state index < -0.39 is 0 Å². The first kappa shape index (κ1) is 10.4. The monoisotopic (exact) mass is 265 g/mol. The van der Waals surface area contributed by atoms with Crippen LogP contribution in [0.15, 0.2) is 35.3 Å². The Balaban J connectivity index is 2.51. The Morgan fingerprint density at radius 1 is 1.60 bits per heavy atom. The van der Waals surface area contributed by atoms with Crippen molar-refractivity contribution < 1.29 is 4.79 Å². The van der Waals surface area contributed by atoms with E-state index in [2.05, 4.69) is 22.5 Å². The van der Waals surface area contributed by atoms with E-state index in [0.29, 0.717) is 6.42 Å². The van der Waals surface area contributed by atoms with Gasteiger partial charge in [0.25, 0.3) is 0 Å². The van der Waals surface area contributed by atoms with E-state index in [4.69, 9.17) is 0 Å². The minimum absolute atomic E-state index is 0.0556. The van der Waals surface area contributed by atoms with Crippen LogP contribution in [-0.2, 0) is 4.79 Å². The van der Waals surface area contributed by atoms with Crippen LogP contribution in [0.3, 0.4) is 0 Å². The third kappa shape index (κ3) is 1.61. The molecular weight excluding hydrogens is 254 g/mol. The van der Waals surface area contributed by atoms with Crippen LogP contribution in [0.2, 0.25) is 0 Å². The number of hydrogen-bond donors (Lipinski definition) is 0. The molecular formula is C12H12BrNO. The highest BCUT2D eigenvalue weighted by atomic mass is 79.9. The van der Waals surface area contributed by atoms with Gasteiger partial charge < -0.3 is 4.90 Å². The highest BCUT2D eigenvalue weighted by molar-refractivity contribution is 9.10. The molecule has 1 atom stereocenters. The SMILES string of the molecule is C=CCC1C(=O)N(C)c2ccc(Br)cc21. The third-order valence-electron chi connectivity index (χ3n) is 2.76. The van der Waals surface area contributed by atoms with Crippen molar-refractivity contribution in [1.82, 2.24) is 0 Å². The van der Waals surface area contributed by atoms with Gasteiger partial charge in [0.2, 0.25) is 5.91 Å². The zero-order chi connectivity index (χ0) is 11.0. The number of hydrogen-bond acceptors (Lipinski definition) is 1. The molecule has 15 heavy (non-hydrogen) atoms. The fraction of sp³-hybridized carbons (Fsp3) is 0.250. The van der Waals surface area contributed by atoms with Gasteiger partial charge in [0, 0.05) is 17.2 Å². The zero-order valence-corrected chi connectivity index (χ0v) is 10.1. The number of fused-ring (bicyclic) bond motifs is 1. The smallest absolute Gasteiger partial charge is 0.234 e. The van der Waals surface area contributed by atoms with Crippen LogP contribution in [0.5, 0.6) is 0 Å². The summed E-state index contributed by atoms with van der Waals surface area (Å²) in [4.78, 5) is 13.6. The molecule has 1 unspecified atom stereocenters. The maximum atomic E-state index is 11.9. The molecule has 1 aliphatic rings. The van der Waals surface area contributed by atoms with Crippen molar-refractivity contribution in [1.29, 1.82) is 0 Å². The van der Waals surface area contributed by atoms with Gasteiger partial charge in [-0.3, -0.25) is 4.79 Å². The van der Waals surface area contributed by atoms with Crippen molar-refractivity contribution in [2.75, 3.05) is 11.9 Å². The van der Waals surface area contributed by atoms with Crippen molar-refractivity contribution in [2.45, 2.75) is 12.3 Å². The van der Waals surface area contributed by atoms with Gasteiger partial charge in [0.15, 0.2) is 0 Å². The number of carbonyl (C=O) groups excluding carboxylic acids is 1. The van der Waals surface area contributed by atoms with Crippen molar-refractivity contribution in [2.24, 2.45) is 0 Å². The Hall–Kier alpha value is -1.09. The van der Waals surface area contributed by atoms with Crippen molar-refractivity contribution in [3.63, 3.8) is 0 Å². The van der Waals surface area contributed by atoms with Crippen LogP contribution in [0, 0.1) is 0 Å². The number of benzene rings is 1. The summed E-state index contributed by atoms with van der Waals surface area (Å²) in [5, 5.41) is 0. The highest BCUT2D eigenvalue weighted by Gasteiger charge is 2.33. The second-order valence-corrected chi connectivity index (χ2v) is 4.59. The lowest BCUT2D eigenvalue weighted by atomic mass is 9.97. The van der Waals surface area contributed by atoms with Gasteiger partial charge in [0.05, 0.1) is 5.92 Å². The summed E-state index contributed by atoms with van der Waals surface area (Å²) in [6.45, 7) is 3.70. The van der Waals surface area contributed by atoms with Gasteiger partial charge in [-0.15, -0.1) is 6.58 Å². The fourth-order valence-electron chi connectivity index (χ4n) is 1.99. The first-order valence-corrected chi connectivity index (χ1v) is 5.62. The molecule has 0 spiro atoms. The van der Waals surface area contributed by atoms with Crippen LogP contribution in [0.1, 0.15) is 17.9 Å². The number of halogens is 1. The second-order valence-electron chi connectivity index (χ2n) is 3.68. The average molecular weight is 266 g/mol. The molecule has 0 fully saturated rings. The third-order valence-corrected chi connectivity index (χ3v) is 3.25. The second kappa shape index (κ2) is 3.81. The Kier molecular flexibility index (Phi) is 2.65. The average Bonchev–Trinajstić information content (AvgIpc) is 2.44. The van der Waals surface area contributed by atoms with Gasteiger partial charge in [-0.1, -0.05) is 22.0 Å². The number of carbonyl (C=O) groups is 1. The summed E-state index contributed by atoms with van der Waals surface area (Å²) in [7, 11) is 1.82. The number of nitrogens with zero attached hydrogens (tertiary/aromatic N) is 1. The summed E-state index contributed by atoms with van der Waals surface area (Å²) in [5.41, 5.74) is 2.10. The summed E-state index contributed by atoms with van der Waals surface area (Å²) in [6, 6.07) is 5.95. The molecule has 2 rings (SSSR count). The van der Waals surface area contributed by atoms with Crippen LogP contribution in [-0.4, -0.2) is 13.0 Å². The minimum atomic E-state index is -0.0556. The molecule has 0 aromatic heterocycles. The molecule has 0 saturated heterocycles. The van der Waals surface area contributed by atoms with Crippen molar-refractivity contribution >= 4 is 27.5 Å². The summed E-state index contributed by atoms with van der Waals surface area (Å²) >= 11 is 3.43. The maximum Gasteiger partial charge on any atom is 0.234 e. The number of amides is 1. The predicted molar refractivity (Wildman–Crippen MR) is 65.1 cm³/mol. The Morgan fingerprint density at radius 2 is 2.33 bits per heavy atom. The summed E-state index contributed by atoms with van der Waals surface area (Å²) < 4.78 is 1.01. The molecule has 1 aromatic carbocycles. The van der Waals surface area contributed by atoms with Gasteiger partial charge in [-0.05, 0) is 30.2 Å². The summed E-state index contributed by atoms with van der Waals surface area (Å²) in [5.74, 6) is 0.1000. The molecule has 1 aromatic rings. The van der Waals surface area contributed by atoms with Crippen LogP contribution in [0.4, 0.5) is 5.69 Å². The minimum Gasteiger partial charge on any atom is -0.315 e. The van der Waals surface area contributed by atoms with E-state index in [1.807, 2.05) is 25.2 Å². The lowest BCUT2D eigenvalue weighted by Crippen LogP contribution is -2.23. The molecule has 0 N–H and O–H groups in total. The van der Waals surface area contributed by atoms with Gasteiger partial charge in [-0.25, -0.2) is 0 Å². The topological polar surface area (TPSA) is 20.3 Å². The molecule has 0 saturated carbocycles. The normalized spacial score (nSPS) is 19.2. The highest BCUT2D eigenvalue weighted by Crippen LogP contribution is 2.39. The molecule has 1 amide bonds.